The van der Waals surface area contributed by atoms with E-state index in [-0.39, 0.29) is 17.3 Å². The molecule has 6 nitrogen and oxygen atoms in total. The topological polar surface area (TPSA) is 82.3 Å². The van der Waals surface area contributed by atoms with Crippen LogP contribution in [0.15, 0.2) is 28.8 Å². The van der Waals surface area contributed by atoms with Gasteiger partial charge in [0.25, 0.3) is 5.89 Å². The summed E-state index contributed by atoms with van der Waals surface area (Å²) in [6, 6.07) is 7.11. The number of benzene rings is 1. The van der Waals surface area contributed by atoms with Crippen LogP contribution in [-0.4, -0.2) is 31.4 Å². The van der Waals surface area contributed by atoms with Crippen LogP contribution in [0.1, 0.15) is 25.6 Å². The number of unbranched alkanes of at least 4 members (excludes halogenated alkanes) is 1. The highest BCUT2D eigenvalue weighted by Gasteiger charge is 2.17. The number of aromatic nitrogens is 2. The van der Waals surface area contributed by atoms with Crippen molar-refractivity contribution < 1.29 is 17.7 Å². The number of ether oxygens (including phenoxy) is 1. The second-order valence-electron chi connectivity index (χ2n) is 4.69. The molecule has 114 valence electrons. The number of nitrogens with zero attached hydrogens (tertiary/aromatic N) is 2. The minimum absolute atomic E-state index is 0.149. The molecule has 2 aromatic rings. The van der Waals surface area contributed by atoms with Crippen molar-refractivity contribution in [2.75, 3.05) is 12.9 Å². The van der Waals surface area contributed by atoms with Gasteiger partial charge in [0, 0.05) is 5.56 Å². The largest absolute Gasteiger partial charge is 0.497 e. The molecule has 0 amide bonds. The van der Waals surface area contributed by atoms with Gasteiger partial charge >= 0.3 is 0 Å². The molecule has 0 saturated carbocycles. The van der Waals surface area contributed by atoms with E-state index >= 15 is 0 Å². The maximum absolute atomic E-state index is 11.8. The monoisotopic (exact) mass is 310 g/mol. The summed E-state index contributed by atoms with van der Waals surface area (Å²) in [4.78, 5) is 4.13. The maximum atomic E-state index is 11.8. The fraction of sp³-hybridized carbons (Fsp3) is 0.429. The average Bonchev–Trinajstić information content (AvgIpc) is 2.93. The molecule has 0 bridgehead atoms. The van der Waals surface area contributed by atoms with E-state index in [2.05, 4.69) is 10.1 Å². The molecule has 0 atom stereocenters. The van der Waals surface area contributed by atoms with Gasteiger partial charge in [-0.3, -0.25) is 0 Å². The lowest BCUT2D eigenvalue weighted by Crippen LogP contribution is -2.10. The third kappa shape index (κ3) is 4.29. The van der Waals surface area contributed by atoms with Gasteiger partial charge in [0.15, 0.2) is 15.7 Å². The molecule has 0 saturated heterocycles. The maximum Gasteiger partial charge on any atom is 0.257 e. The Bertz CT molecular complexity index is 677. The minimum atomic E-state index is -3.18. The molecule has 0 N–H and O–H groups in total. The van der Waals surface area contributed by atoms with E-state index in [1.807, 2.05) is 6.92 Å². The third-order valence-electron chi connectivity index (χ3n) is 2.96. The molecule has 0 aliphatic heterocycles. The summed E-state index contributed by atoms with van der Waals surface area (Å²) in [5, 5.41) is 3.73. The van der Waals surface area contributed by atoms with E-state index in [0.717, 1.165) is 17.7 Å². The van der Waals surface area contributed by atoms with Crippen LogP contribution >= 0.6 is 0 Å². The molecule has 0 unspecified atom stereocenters. The predicted octanol–water partition coefficient (Wildman–Crippen LogP) is 2.46. The van der Waals surface area contributed by atoms with Crippen LogP contribution in [0.5, 0.6) is 5.75 Å². The molecule has 1 aromatic heterocycles. The molecule has 1 aromatic carbocycles. The molecule has 0 fully saturated rings. The van der Waals surface area contributed by atoms with E-state index in [0.29, 0.717) is 12.3 Å². The van der Waals surface area contributed by atoms with Crippen molar-refractivity contribution in [2.45, 2.75) is 25.5 Å². The Morgan fingerprint density at radius 3 is 2.57 bits per heavy atom. The van der Waals surface area contributed by atoms with Gasteiger partial charge in [-0.15, -0.1) is 0 Å². The highest BCUT2D eigenvalue weighted by atomic mass is 32.2. The van der Waals surface area contributed by atoms with Crippen molar-refractivity contribution in [1.29, 1.82) is 0 Å². The van der Waals surface area contributed by atoms with Gasteiger partial charge in [-0.25, -0.2) is 8.42 Å². The molecule has 0 radical (unpaired) electrons. The van der Waals surface area contributed by atoms with Crippen LogP contribution in [0.4, 0.5) is 0 Å². The first-order valence-electron chi connectivity index (χ1n) is 6.71. The fourth-order valence-corrected chi connectivity index (χ4v) is 3.18. The first-order valence-corrected chi connectivity index (χ1v) is 8.53. The Balaban J connectivity index is 2.10. The molecular weight excluding hydrogens is 292 g/mol. The van der Waals surface area contributed by atoms with Gasteiger partial charge in [-0.2, -0.15) is 4.98 Å². The molecule has 1 heterocycles. The Morgan fingerprint density at radius 2 is 1.95 bits per heavy atom. The van der Waals surface area contributed by atoms with Gasteiger partial charge in [-0.05, 0) is 30.7 Å². The van der Waals surface area contributed by atoms with Crippen molar-refractivity contribution in [3.63, 3.8) is 0 Å². The summed E-state index contributed by atoms with van der Waals surface area (Å²) in [5.74, 6) is 1.18. The molecular formula is C14H18N2O4S. The second-order valence-corrected chi connectivity index (χ2v) is 6.87. The van der Waals surface area contributed by atoms with Gasteiger partial charge in [0.1, 0.15) is 11.5 Å². The normalized spacial score (nSPS) is 11.5. The molecule has 0 aliphatic rings. The zero-order valence-corrected chi connectivity index (χ0v) is 12.9. The van der Waals surface area contributed by atoms with Crippen LogP contribution in [0.3, 0.4) is 0 Å². The first-order chi connectivity index (χ1) is 10.0. The van der Waals surface area contributed by atoms with Crippen LogP contribution in [0, 0.1) is 0 Å². The van der Waals surface area contributed by atoms with Crippen molar-refractivity contribution in [2.24, 2.45) is 0 Å². The Labute approximate surface area is 124 Å². The van der Waals surface area contributed by atoms with E-state index < -0.39 is 9.84 Å². The second kappa shape index (κ2) is 6.71. The van der Waals surface area contributed by atoms with Crippen molar-refractivity contribution in [3.8, 4) is 17.2 Å². The highest BCUT2D eigenvalue weighted by molar-refractivity contribution is 7.90. The van der Waals surface area contributed by atoms with Gasteiger partial charge in [-0.1, -0.05) is 18.5 Å². The molecule has 0 spiro atoms. The Kier molecular flexibility index (Phi) is 4.95. The number of hydrogen-bond donors (Lipinski definition) is 0. The lowest BCUT2D eigenvalue weighted by Gasteiger charge is -1.99. The number of rotatable bonds is 7. The summed E-state index contributed by atoms with van der Waals surface area (Å²) in [6.45, 7) is 1.95. The summed E-state index contributed by atoms with van der Waals surface area (Å²) in [6.07, 6.45) is 1.48. The molecule has 2 rings (SSSR count). The van der Waals surface area contributed by atoms with Crippen molar-refractivity contribution in [3.05, 3.63) is 30.1 Å². The van der Waals surface area contributed by atoms with E-state index in [9.17, 15) is 8.42 Å². The quantitative estimate of drug-likeness (QED) is 0.781. The third-order valence-corrected chi connectivity index (χ3v) is 4.57. The summed E-state index contributed by atoms with van der Waals surface area (Å²) in [7, 11) is -1.60. The van der Waals surface area contributed by atoms with E-state index in [1.54, 1.807) is 31.4 Å². The predicted molar refractivity (Wildman–Crippen MR) is 78.7 cm³/mol. The van der Waals surface area contributed by atoms with Crippen LogP contribution in [0.25, 0.3) is 11.5 Å². The minimum Gasteiger partial charge on any atom is -0.497 e. The summed E-state index contributed by atoms with van der Waals surface area (Å²) in [5.41, 5.74) is 0.723. The number of sulfone groups is 1. The zero-order chi connectivity index (χ0) is 15.3. The number of hydrogen-bond acceptors (Lipinski definition) is 6. The Morgan fingerprint density at radius 1 is 1.24 bits per heavy atom. The SMILES string of the molecule is CCCCS(=O)(=O)Cc1noc(-c2ccc(OC)cc2)n1. The highest BCUT2D eigenvalue weighted by Crippen LogP contribution is 2.21. The van der Waals surface area contributed by atoms with E-state index in [4.69, 9.17) is 9.26 Å². The number of methoxy groups -OCH3 is 1. The van der Waals surface area contributed by atoms with Crippen LogP contribution in [0.2, 0.25) is 0 Å². The lowest BCUT2D eigenvalue weighted by molar-refractivity contribution is 0.414. The summed E-state index contributed by atoms with van der Waals surface area (Å²) >= 11 is 0. The molecule has 21 heavy (non-hydrogen) atoms. The zero-order valence-electron chi connectivity index (χ0n) is 12.1. The summed E-state index contributed by atoms with van der Waals surface area (Å²) < 4.78 is 33.9. The Hall–Kier alpha value is -1.89. The van der Waals surface area contributed by atoms with E-state index in [1.165, 1.54) is 0 Å². The molecule has 7 heteroatoms. The first kappa shape index (κ1) is 15.5. The smallest absolute Gasteiger partial charge is 0.257 e. The van der Waals surface area contributed by atoms with Crippen molar-refractivity contribution >= 4 is 9.84 Å². The van der Waals surface area contributed by atoms with Gasteiger partial charge in [0.2, 0.25) is 0 Å². The standard InChI is InChI=1S/C14H18N2O4S/c1-3-4-9-21(17,18)10-13-15-14(20-16-13)11-5-7-12(19-2)8-6-11/h5-8H,3-4,9-10H2,1-2H3. The van der Waals surface area contributed by atoms with Crippen LogP contribution < -0.4 is 4.74 Å². The van der Waals surface area contributed by atoms with Crippen molar-refractivity contribution in [1.82, 2.24) is 10.1 Å². The molecule has 0 aliphatic carbocycles. The van der Waals surface area contributed by atoms with Crippen LogP contribution in [-0.2, 0) is 15.6 Å². The average molecular weight is 310 g/mol. The lowest BCUT2D eigenvalue weighted by atomic mass is 10.2. The fourth-order valence-electron chi connectivity index (χ4n) is 1.80. The van der Waals surface area contributed by atoms with Gasteiger partial charge < -0.3 is 9.26 Å². The van der Waals surface area contributed by atoms with Gasteiger partial charge in [0.05, 0.1) is 12.9 Å².